The van der Waals surface area contributed by atoms with E-state index in [1.165, 1.54) is 12.8 Å². The van der Waals surface area contributed by atoms with Crippen LogP contribution in [0, 0.1) is 6.92 Å². The molecular formula is C18H29N5O3. The first-order chi connectivity index (χ1) is 12.5. The van der Waals surface area contributed by atoms with Crippen LogP contribution in [0.25, 0.3) is 0 Å². The zero-order valence-electron chi connectivity index (χ0n) is 15.7. The largest absolute Gasteiger partial charge is 0.360 e. The van der Waals surface area contributed by atoms with Gasteiger partial charge in [-0.2, -0.15) is 0 Å². The molecule has 1 saturated heterocycles. The highest BCUT2D eigenvalue weighted by atomic mass is 16.5. The van der Waals surface area contributed by atoms with Gasteiger partial charge in [0.15, 0.2) is 5.82 Å². The summed E-state index contributed by atoms with van der Waals surface area (Å²) >= 11 is 0. The van der Waals surface area contributed by atoms with E-state index in [0.29, 0.717) is 24.2 Å². The minimum absolute atomic E-state index is 0.0984. The summed E-state index contributed by atoms with van der Waals surface area (Å²) in [4.78, 5) is 28.8. The Labute approximate surface area is 154 Å². The molecule has 0 spiro atoms. The molecule has 8 nitrogen and oxygen atoms in total. The molecule has 1 aromatic heterocycles. The molecule has 1 atom stereocenters. The van der Waals surface area contributed by atoms with E-state index in [4.69, 9.17) is 4.52 Å². The molecule has 0 aromatic carbocycles. The number of hydrogen-bond donors (Lipinski definition) is 2. The van der Waals surface area contributed by atoms with Gasteiger partial charge in [0.25, 0.3) is 0 Å². The highest BCUT2D eigenvalue weighted by Gasteiger charge is 2.28. The fourth-order valence-corrected chi connectivity index (χ4v) is 3.68. The van der Waals surface area contributed by atoms with Crippen LogP contribution in [-0.4, -0.2) is 71.6 Å². The Kier molecular flexibility index (Phi) is 6.26. The van der Waals surface area contributed by atoms with Crippen molar-refractivity contribution in [3.63, 3.8) is 0 Å². The van der Waals surface area contributed by atoms with E-state index in [-0.39, 0.29) is 17.9 Å². The lowest BCUT2D eigenvalue weighted by Gasteiger charge is -2.37. The number of carbonyl (C=O) groups is 2. The molecule has 1 aliphatic heterocycles. The minimum atomic E-state index is -0.121. The van der Waals surface area contributed by atoms with Crippen LogP contribution in [-0.2, 0) is 9.59 Å². The summed E-state index contributed by atoms with van der Waals surface area (Å²) in [7, 11) is 0. The molecule has 0 bridgehead atoms. The van der Waals surface area contributed by atoms with Crippen LogP contribution in [0.4, 0.5) is 5.82 Å². The summed E-state index contributed by atoms with van der Waals surface area (Å²) in [6.07, 6.45) is 4.64. The summed E-state index contributed by atoms with van der Waals surface area (Å²) in [6, 6.07) is 1.93. The van der Waals surface area contributed by atoms with Crippen molar-refractivity contribution in [3.8, 4) is 0 Å². The summed E-state index contributed by atoms with van der Waals surface area (Å²) in [5.74, 6) is 1.14. The van der Waals surface area contributed by atoms with Crippen LogP contribution < -0.4 is 10.6 Å². The van der Waals surface area contributed by atoms with Crippen molar-refractivity contribution in [2.75, 3.05) is 38.0 Å². The topological polar surface area (TPSA) is 90.7 Å². The van der Waals surface area contributed by atoms with Crippen molar-refractivity contribution in [3.05, 3.63) is 11.8 Å². The van der Waals surface area contributed by atoms with Crippen LogP contribution >= 0.6 is 0 Å². The van der Waals surface area contributed by atoms with E-state index in [1.807, 2.05) is 6.92 Å². The van der Waals surface area contributed by atoms with Gasteiger partial charge in [-0.15, -0.1) is 0 Å². The maximum absolute atomic E-state index is 12.4. The molecule has 26 heavy (non-hydrogen) atoms. The van der Waals surface area contributed by atoms with Crippen LogP contribution in [0.5, 0.6) is 0 Å². The van der Waals surface area contributed by atoms with E-state index >= 15 is 0 Å². The second-order valence-corrected chi connectivity index (χ2v) is 7.35. The lowest BCUT2D eigenvalue weighted by molar-refractivity contribution is -0.127. The highest BCUT2D eigenvalue weighted by Crippen LogP contribution is 2.18. The lowest BCUT2D eigenvalue weighted by atomic mass is 10.2. The Hall–Kier alpha value is -1.93. The van der Waals surface area contributed by atoms with Crippen LogP contribution in [0.2, 0.25) is 0 Å². The first-order valence-corrected chi connectivity index (χ1v) is 9.51. The van der Waals surface area contributed by atoms with Crippen LogP contribution in [0.3, 0.4) is 0 Å². The maximum Gasteiger partial charge on any atom is 0.239 e. The molecular weight excluding hydrogens is 334 g/mol. The predicted molar refractivity (Wildman–Crippen MR) is 97.7 cm³/mol. The number of hydrogen-bond acceptors (Lipinski definition) is 6. The zero-order valence-corrected chi connectivity index (χ0v) is 15.7. The average Bonchev–Trinajstić information content (AvgIpc) is 3.26. The molecule has 1 aromatic rings. The van der Waals surface area contributed by atoms with Crippen molar-refractivity contribution in [2.24, 2.45) is 0 Å². The zero-order chi connectivity index (χ0) is 18.5. The van der Waals surface area contributed by atoms with Gasteiger partial charge in [-0.1, -0.05) is 18.0 Å². The van der Waals surface area contributed by atoms with E-state index < -0.39 is 0 Å². The molecule has 2 heterocycles. The molecule has 2 fully saturated rings. The lowest BCUT2D eigenvalue weighted by Crippen LogP contribution is -2.55. The smallest absolute Gasteiger partial charge is 0.239 e. The fraction of sp³-hybridized carbons (Fsp3) is 0.722. The van der Waals surface area contributed by atoms with Gasteiger partial charge in [0, 0.05) is 38.3 Å². The highest BCUT2D eigenvalue weighted by molar-refractivity contribution is 5.91. The van der Waals surface area contributed by atoms with E-state index in [1.54, 1.807) is 13.0 Å². The van der Waals surface area contributed by atoms with Gasteiger partial charge in [0.1, 0.15) is 5.76 Å². The molecule has 2 amide bonds. The Bertz CT molecular complexity index is 618. The first-order valence-electron chi connectivity index (χ1n) is 9.51. The van der Waals surface area contributed by atoms with Crippen LogP contribution in [0.15, 0.2) is 10.6 Å². The molecule has 1 aliphatic carbocycles. The second-order valence-electron chi connectivity index (χ2n) is 7.35. The van der Waals surface area contributed by atoms with Crippen molar-refractivity contribution in [1.82, 2.24) is 20.3 Å². The summed E-state index contributed by atoms with van der Waals surface area (Å²) in [5, 5.41) is 9.68. The van der Waals surface area contributed by atoms with Crippen molar-refractivity contribution in [2.45, 2.75) is 51.6 Å². The maximum atomic E-state index is 12.4. The van der Waals surface area contributed by atoms with E-state index in [9.17, 15) is 9.59 Å². The molecule has 2 aliphatic rings. The van der Waals surface area contributed by atoms with Crippen LogP contribution in [0.1, 0.15) is 38.4 Å². The summed E-state index contributed by atoms with van der Waals surface area (Å²) in [6.45, 7) is 7.19. The number of aromatic nitrogens is 1. The molecule has 1 saturated carbocycles. The van der Waals surface area contributed by atoms with Gasteiger partial charge < -0.3 is 15.2 Å². The SMILES string of the molecule is Cc1cc(NC(=O)CN2CCN(C(C)C(=O)NC3CCCC3)CC2)no1. The van der Waals surface area contributed by atoms with E-state index in [2.05, 4.69) is 25.6 Å². The summed E-state index contributed by atoms with van der Waals surface area (Å²) < 4.78 is 4.94. The second kappa shape index (κ2) is 8.64. The molecule has 1 unspecified atom stereocenters. The monoisotopic (exact) mass is 363 g/mol. The number of carbonyl (C=O) groups excluding carboxylic acids is 2. The number of amides is 2. The number of anilines is 1. The van der Waals surface area contributed by atoms with Crippen molar-refractivity contribution < 1.29 is 14.1 Å². The third kappa shape index (κ3) is 5.04. The average molecular weight is 363 g/mol. The van der Waals surface area contributed by atoms with Gasteiger partial charge in [-0.3, -0.25) is 19.4 Å². The number of rotatable bonds is 6. The number of nitrogens with zero attached hydrogens (tertiary/aromatic N) is 3. The molecule has 0 radical (unpaired) electrons. The molecule has 8 heteroatoms. The fourth-order valence-electron chi connectivity index (χ4n) is 3.68. The van der Waals surface area contributed by atoms with Crippen molar-refractivity contribution >= 4 is 17.6 Å². The van der Waals surface area contributed by atoms with Gasteiger partial charge in [0.05, 0.1) is 12.6 Å². The normalized spacial score (nSPS) is 20.8. The number of aryl methyl sites for hydroxylation is 1. The molecule has 2 N–H and O–H groups in total. The Balaban J connectivity index is 1.39. The third-order valence-corrected chi connectivity index (χ3v) is 5.30. The summed E-state index contributed by atoms with van der Waals surface area (Å²) in [5.41, 5.74) is 0. The van der Waals surface area contributed by atoms with E-state index in [0.717, 1.165) is 39.0 Å². The standard InChI is InChI=1S/C18H29N5O3/c1-13-11-16(21-26-13)20-17(24)12-22-7-9-23(10-8-22)14(2)18(25)19-15-5-3-4-6-15/h11,14-15H,3-10,12H2,1-2H3,(H,19,25)(H,20,21,24). The number of nitrogens with one attached hydrogen (secondary N) is 2. The Morgan fingerprint density at radius 1 is 1.27 bits per heavy atom. The quantitative estimate of drug-likeness (QED) is 0.783. The number of piperazine rings is 1. The van der Waals surface area contributed by atoms with Gasteiger partial charge in [0.2, 0.25) is 11.8 Å². The first kappa shape index (κ1) is 18.8. The Morgan fingerprint density at radius 3 is 2.58 bits per heavy atom. The molecule has 3 rings (SSSR count). The Morgan fingerprint density at radius 2 is 1.96 bits per heavy atom. The predicted octanol–water partition coefficient (Wildman–Crippen LogP) is 0.986. The van der Waals surface area contributed by atoms with Gasteiger partial charge in [-0.05, 0) is 26.7 Å². The van der Waals surface area contributed by atoms with Gasteiger partial charge >= 0.3 is 0 Å². The minimum Gasteiger partial charge on any atom is -0.360 e. The third-order valence-electron chi connectivity index (χ3n) is 5.30. The van der Waals surface area contributed by atoms with Gasteiger partial charge in [-0.25, -0.2) is 0 Å². The van der Waals surface area contributed by atoms with Crippen molar-refractivity contribution in [1.29, 1.82) is 0 Å². The molecule has 144 valence electrons.